The highest BCUT2D eigenvalue weighted by Gasteiger charge is 2.23. The Morgan fingerprint density at radius 3 is 2.50 bits per heavy atom. The van der Waals surface area contributed by atoms with E-state index in [1.165, 1.54) is 11.8 Å². The number of nitrogens with zero attached hydrogens (tertiary/aromatic N) is 6. The largest absolute Gasteiger partial charge is 0.338 e. The summed E-state index contributed by atoms with van der Waals surface area (Å²) in [7, 11) is 0. The first-order valence-electron chi connectivity index (χ1n) is 11.1. The van der Waals surface area contributed by atoms with Crippen molar-refractivity contribution in [3.63, 3.8) is 0 Å². The first-order chi connectivity index (χ1) is 16.6. The Bertz CT molecular complexity index is 1380. The summed E-state index contributed by atoms with van der Waals surface area (Å²) in [4.78, 5) is 43.6. The van der Waals surface area contributed by atoms with E-state index in [9.17, 15) is 9.59 Å². The van der Waals surface area contributed by atoms with E-state index in [1.54, 1.807) is 29.1 Å². The minimum absolute atomic E-state index is 0.0248. The van der Waals surface area contributed by atoms with Crippen molar-refractivity contribution in [3.8, 4) is 5.69 Å². The zero-order valence-electron chi connectivity index (χ0n) is 18.8. The molecule has 8 nitrogen and oxygen atoms in total. The fourth-order valence-electron chi connectivity index (χ4n) is 4.03. The van der Waals surface area contributed by atoms with E-state index in [0.29, 0.717) is 48.2 Å². The predicted molar refractivity (Wildman–Crippen MR) is 134 cm³/mol. The number of hydrogen-bond donors (Lipinski definition) is 0. The van der Waals surface area contributed by atoms with Gasteiger partial charge in [0.1, 0.15) is 0 Å². The minimum Gasteiger partial charge on any atom is -0.338 e. The molecule has 3 heterocycles. The Hall–Kier alpha value is -3.72. The maximum atomic E-state index is 13.4. The number of aromatic nitrogens is 4. The highest BCUT2D eigenvalue weighted by atomic mass is 32.2. The number of benzene rings is 2. The Labute approximate surface area is 201 Å². The molecular weight excluding hydrogens is 448 g/mol. The minimum atomic E-state index is -0.136. The Morgan fingerprint density at radius 2 is 1.74 bits per heavy atom. The smallest absolute Gasteiger partial charge is 0.266 e. The number of carbonyl (C=O) groups excluding carboxylic acids is 1. The molecule has 5 rings (SSSR count). The second-order valence-corrected chi connectivity index (χ2v) is 9.04. The number of aryl methyl sites for hydroxylation is 1. The normalized spacial score (nSPS) is 13.9. The molecule has 0 spiro atoms. The number of piperazine rings is 1. The van der Waals surface area contributed by atoms with Crippen LogP contribution in [0.3, 0.4) is 0 Å². The van der Waals surface area contributed by atoms with Gasteiger partial charge in [-0.3, -0.25) is 14.2 Å². The van der Waals surface area contributed by atoms with E-state index in [1.807, 2.05) is 54.3 Å². The summed E-state index contributed by atoms with van der Waals surface area (Å²) in [6, 6.07) is 16.8. The fraction of sp³-hybridized carbons (Fsp3) is 0.240. The molecular formula is C25H24N6O2S. The fourth-order valence-corrected chi connectivity index (χ4v) is 4.95. The summed E-state index contributed by atoms with van der Waals surface area (Å²) in [5, 5.41) is 1.07. The predicted octanol–water partition coefficient (Wildman–Crippen LogP) is 2.93. The van der Waals surface area contributed by atoms with Gasteiger partial charge in [-0.05, 0) is 42.8 Å². The zero-order valence-corrected chi connectivity index (χ0v) is 19.6. The molecule has 0 aliphatic carbocycles. The van der Waals surface area contributed by atoms with Crippen molar-refractivity contribution in [2.24, 2.45) is 0 Å². The standard InChI is InChI=1S/C25H24N6O2S/c1-18-6-4-7-19(16-18)31-23(33)20-8-2-3-9-21(20)28-25(31)34-17-22(32)29-12-14-30(15-13-29)24-26-10-5-11-27-24/h2-11,16H,12-15,17H2,1H3. The van der Waals surface area contributed by atoms with Crippen molar-refractivity contribution >= 4 is 34.5 Å². The van der Waals surface area contributed by atoms with Crippen LogP contribution in [0.1, 0.15) is 5.56 Å². The average molecular weight is 473 g/mol. The Kier molecular flexibility index (Phi) is 6.27. The summed E-state index contributed by atoms with van der Waals surface area (Å²) in [6.45, 7) is 4.56. The summed E-state index contributed by atoms with van der Waals surface area (Å²) in [5.41, 5.74) is 2.28. The molecule has 0 radical (unpaired) electrons. The number of rotatable bonds is 5. The molecule has 4 aromatic rings. The lowest BCUT2D eigenvalue weighted by molar-refractivity contribution is -0.128. The van der Waals surface area contributed by atoms with Gasteiger partial charge in [0.2, 0.25) is 11.9 Å². The van der Waals surface area contributed by atoms with Gasteiger partial charge in [-0.25, -0.2) is 15.0 Å². The van der Waals surface area contributed by atoms with Gasteiger partial charge >= 0.3 is 0 Å². The van der Waals surface area contributed by atoms with Crippen LogP contribution in [0.2, 0.25) is 0 Å². The number of anilines is 1. The van der Waals surface area contributed by atoms with Crippen molar-refractivity contribution in [2.45, 2.75) is 12.1 Å². The number of carbonyl (C=O) groups is 1. The number of thioether (sulfide) groups is 1. The van der Waals surface area contributed by atoms with E-state index < -0.39 is 0 Å². The monoisotopic (exact) mass is 472 g/mol. The molecule has 9 heteroatoms. The number of fused-ring (bicyclic) bond motifs is 1. The van der Waals surface area contributed by atoms with Gasteiger partial charge in [0.25, 0.3) is 5.56 Å². The van der Waals surface area contributed by atoms with E-state index in [0.717, 1.165) is 11.3 Å². The number of hydrogen-bond acceptors (Lipinski definition) is 7. The molecule has 0 unspecified atom stereocenters. The molecule has 1 amide bonds. The molecule has 172 valence electrons. The third-order valence-electron chi connectivity index (χ3n) is 5.80. The molecule has 1 saturated heterocycles. The molecule has 2 aromatic carbocycles. The lowest BCUT2D eigenvalue weighted by Crippen LogP contribution is -2.49. The van der Waals surface area contributed by atoms with Gasteiger partial charge in [-0.2, -0.15) is 0 Å². The van der Waals surface area contributed by atoms with Gasteiger partial charge in [-0.1, -0.05) is 36.0 Å². The Balaban J connectivity index is 1.35. The van der Waals surface area contributed by atoms with Gasteiger partial charge in [0, 0.05) is 38.6 Å². The topological polar surface area (TPSA) is 84.2 Å². The summed E-state index contributed by atoms with van der Waals surface area (Å²) in [5.74, 6) is 0.918. The van der Waals surface area contributed by atoms with Crippen molar-refractivity contribution in [1.82, 2.24) is 24.4 Å². The molecule has 2 aromatic heterocycles. The molecule has 34 heavy (non-hydrogen) atoms. The van der Waals surface area contributed by atoms with Crippen LogP contribution in [-0.2, 0) is 4.79 Å². The highest BCUT2D eigenvalue weighted by molar-refractivity contribution is 7.99. The molecule has 0 atom stereocenters. The molecule has 1 fully saturated rings. The van der Waals surface area contributed by atoms with Crippen molar-refractivity contribution in [2.75, 3.05) is 36.8 Å². The van der Waals surface area contributed by atoms with Gasteiger partial charge < -0.3 is 9.80 Å². The molecule has 1 aliphatic rings. The third-order valence-corrected chi connectivity index (χ3v) is 6.72. The quantitative estimate of drug-likeness (QED) is 0.326. The maximum Gasteiger partial charge on any atom is 0.266 e. The van der Waals surface area contributed by atoms with E-state index in [4.69, 9.17) is 4.98 Å². The van der Waals surface area contributed by atoms with E-state index in [2.05, 4.69) is 14.9 Å². The van der Waals surface area contributed by atoms with Crippen LogP contribution in [0.25, 0.3) is 16.6 Å². The van der Waals surface area contributed by atoms with Crippen LogP contribution < -0.4 is 10.5 Å². The van der Waals surface area contributed by atoms with Gasteiger partial charge in [0.15, 0.2) is 5.16 Å². The van der Waals surface area contributed by atoms with Crippen LogP contribution in [0.4, 0.5) is 5.95 Å². The Morgan fingerprint density at radius 1 is 0.971 bits per heavy atom. The molecule has 1 aliphatic heterocycles. The average Bonchev–Trinajstić information content (AvgIpc) is 2.88. The lowest BCUT2D eigenvalue weighted by Gasteiger charge is -2.34. The number of amides is 1. The highest BCUT2D eigenvalue weighted by Crippen LogP contribution is 2.22. The van der Waals surface area contributed by atoms with E-state index in [-0.39, 0.29) is 17.2 Å². The number of para-hydroxylation sites is 1. The van der Waals surface area contributed by atoms with Crippen molar-refractivity contribution in [3.05, 3.63) is 82.9 Å². The first-order valence-corrected chi connectivity index (χ1v) is 12.1. The van der Waals surface area contributed by atoms with E-state index >= 15 is 0 Å². The summed E-state index contributed by atoms with van der Waals surface area (Å²) < 4.78 is 1.61. The van der Waals surface area contributed by atoms with Crippen LogP contribution in [0, 0.1) is 6.92 Å². The molecule has 0 N–H and O–H groups in total. The second kappa shape index (κ2) is 9.64. The molecule has 0 bridgehead atoms. The van der Waals surface area contributed by atoms with Gasteiger partial charge in [-0.15, -0.1) is 0 Å². The summed E-state index contributed by atoms with van der Waals surface area (Å²) in [6.07, 6.45) is 3.45. The zero-order chi connectivity index (χ0) is 23.5. The third kappa shape index (κ3) is 4.51. The lowest BCUT2D eigenvalue weighted by atomic mass is 10.2. The second-order valence-electron chi connectivity index (χ2n) is 8.10. The maximum absolute atomic E-state index is 13.4. The van der Waals surface area contributed by atoms with Crippen LogP contribution in [0.5, 0.6) is 0 Å². The van der Waals surface area contributed by atoms with Crippen LogP contribution in [0.15, 0.2) is 76.9 Å². The molecule has 0 saturated carbocycles. The first kappa shape index (κ1) is 22.1. The van der Waals surface area contributed by atoms with Crippen LogP contribution >= 0.6 is 11.8 Å². The van der Waals surface area contributed by atoms with Crippen molar-refractivity contribution < 1.29 is 4.79 Å². The SMILES string of the molecule is Cc1cccc(-n2c(SCC(=O)N3CCN(c4ncccn4)CC3)nc3ccccc3c2=O)c1. The van der Waals surface area contributed by atoms with Crippen molar-refractivity contribution in [1.29, 1.82) is 0 Å². The van der Waals surface area contributed by atoms with Gasteiger partial charge in [0.05, 0.1) is 22.3 Å². The summed E-state index contributed by atoms with van der Waals surface area (Å²) >= 11 is 1.30. The van der Waals surface area contributed by atoms with Crippen LogP contribution in [-0.4, -0.2) is 62.3 Å².